The lowest BCUT2D eigenvalue weighted by molar-refractivity contribution is -0.112. The van der Waals surface area contributed by atoms with Gasteiger partial charge in [-0.1, -0.05) is 13.8 Å². The predicted molar refractivity (Wildman–Crippen MR) is 61.3 cm³/mol. The standard InChI is InChI=1S/C12H13FN2O2/c1-7(2)12-15(11(16)10(14)17-12)9-5-3-8(13)4-6-9/h3-7,12,14H,1-2H3. The maximum absolute atomic E-state index is 12.8. The molecule has 5 heteroatoms. The molecule has 1 amide bonds. The number of hydrogen-bond acceptors (Lipinski definition) is 3. The van der Waals surface area contributed by atoms with E-state index in [1.165, 1.54) is 29.2 Å². The van der Waals surface area contributed by atoms with Crippen molar-refractivity contribution >= 4 is 17.5 Å². The number of carbonyl (C=O) groups is 1. The molecule has 1 unspecified atom stereocenters. The molecule has 1 N–H and O–H groups in total. The molecular formula is C12H13FN2O2. The number of hydrogen-bond donors (Lipinski definition) is 1. The van der Waals surface area contributed by atoms with E-state index in [-0.39, 0.29) is 17.6 Å². The molecule has 1 atom stereocenters. The fraction of sp³-hybridized carbons (Fsp3) is 0.333. The first-order chi connectivity index (χ1) is 8.00. The Labute approximate surface area is 98.5 Å². The van der Waals surface area contributed by atoms with E-state index in [1.54, 1.807) is 0 Å². The minimum atomic E-state index is -0.500. The first-order valence-electron chi connectivity index (χ1n) is 5.35. The quantitative estimate of drug-likeness (QED) is 0.855. The summed E-state index contributed by atoms with van der Waals surface area (Å²) in [5.74, 6) is -1.17. The highest BCUT2D eigenvalue weighted by Crippen LogP contribution is 2.27. The summed E-state index contributed by atoms with van der Waals surface area (Å²) in [6.45, 7) is 3.79. The minimum Gasteiger partial charge on any atom is -0.449 e. The Morgan fingerprint density at radius 1 is 1.35 bits per heavy atom. The number of ether oxygens (including phenoxy) is 1. The Balaban J connectivity index is 2.37. The molecule has 0 spiro atoms. The lowest BCUT2D eigenvalue weighted by Gasteiger charge is -2.24. The average Bonchev–Trinajstić information content (AvgIpc) is 2.57. The molecule has 1 heterocycles. The second-order valence-corrected chi connectivity index (χ2v) is 4.23. The van der Waals surface area contributed by atoms with E-state index in [4.69, 9.17) is 10.1 Å². The summed E-state index contributed by atoms with van der Waals surface area (Å²) in [5, 5.41) is 7.41. The average molecular weight is 236 g/mol. The largest absolute Gasteiger partial charge is 0.449 e. The molecule has 1 aromatic carbocycles. The Bertz CT molecular complexity index is 456. The van der Waals surface area contributed by atoms with Gasteiger partial charge in [0.25, 0.3) is 5.90 Å². The molecule has 1 aliphatic rings. The highest BCUT2D eigenvalue weighted by Gasteiger charge is 2.40. The molecule has 0 bridgehead atoms. The Morgan fingerprint density at radius 2 is 1.94 bits per heavy atom. The van der Waals surface area contributed by atoms with E-state index in [0.29, 0.717) is 5.69 Å². The molecule has 90 valence electrons. The van der Waals surface area contributed by atoms with Crippen LogP contribution in [0.2, 0.25) is 0 Å². The van der Waals surface area contributed by atoms with Gasteiger partial charge in [-0.2, -0.15) is 0 Å². The van der Waals surface area contributed by atoms with Crippen molar-refractivity contribution in [2.45, 2.75) is 20.1 Å². The van der Waals surface area contributed by atoms with Crippen LogP contribution < -0.4 is 4.90 Å². The molecule has 2 rings (SSSR count). The van der Waals surface area contributed by atoms with Crippen LogP contribution in [0.5, 0.6) is 0 Å². The van der Waals surface area contributed by atoms with Gasteiger partial charge in [-0.05, 0) is 24.3 Å². The SMILES string of the molecule is CC(C)C1OC(=N)C(=O)N1c1ccc(F)cc1. The molecule has 0 saturated carbocycles. The fourth-order valence-electron chi connectivity index (χ4n) is 1.75. The van der Waals surface area contributed by atoms with Gasteiger partial charge in [0.1, 0.15) is 5.82 Å². The van der Waals surface area contributed by atoms with Crippen molar-refractivity contribution in [3.05, 3.63) is 30.1 Å². The van der Waals surface area contributed by atoms with Crippen molar-refractivity contribution in [2.75, 3.05) is 4.90 Å². The molecule has 1 aliphatic heterocycles. The normalized spacial score (nSPS) is 20.0. The van der Waals surface area contributed by atoms with Crippen LogP contribution in [-0.4, -0.2) is 18.0 Å². The zero-order chi connectivity index (χ0) is 12.6. The summed E-state index contributed by atoms with van der Waals surface area (Å²) in [7, 11) is 0. The third-order valence-electron chi connectivity index (χ3n) is 2.58. The monoisotopic (exact) mass is 236 g/mol. The van der Waals surface area contributed by atoms with Crippen LogP contribution in [0.15, 0.2) is 24.3 Å². The van der Waals surface area contributed by atoms with Crippen molar-refractivity contribution in [3.8, 4) is 0 Å². The molecule has 17 heavy (non-hydrogen) atoms. The number of halogens is 1. The predicted octanol–water partition coefficient (Wildman–Crippen LogP) is 2.15. The number of nitrogens with one attached hydrogen (secondary N) is 1. The number of rotatable bonds is 2. The maximum Gasteiger partial charge on any atom is 0.316 e. The van der Waals surface area contributed by atoms with E-state index in [9.17, 15) is 9.18 Å². The Morgan fingerprint density at radius 3 is 2.47 bits per heavy atom. The van der Waals surface area contributed by atoms with Gasteiger partial charge >= 0.3 is 5.91 Å². The lowest BCUT2D eigenvalue weighted by atomic mass is 10.1. The van der Waals surface area contributed by atoms with Gasteiger partial charge in [-0.3, -0.25) is 15.1 Å². The van der Waals surface area contributed by atoms with Crippen molar-refractivity contribution < 1.29 is 13.9 Å². The number of benzene rings is 1. The highest BCUT2D eigenvalue weighted by molar-refractivity contribution is 6.41. The number of nitrogens with zero attached hydrogens (tertiary/aromatic N) is 1. The van der Waals surface area contributed by atoms with E-state index in [1.807, 2.05) is 13.8 Å². The van der Waals surface area contributed by atoms with Gasteiger partial charge < -0.3 is 4.74 Å². The van der Waals surface area contributed by atoms with Crippen LogP contribution in [0.3, 0.4) is 0 Å². The van der Waals surface area contributed by atoms with Gasteiger partial charge in [-0.25, -0.2) is 4.39 Å². The third kappa shape index (κ3) is 2.00. The Hall–Kier alpha value is -1.91. The van der Waals surface area contributed by atoms with Crippen molar-refractivity contribution in [1.82, 2.24) is 0 Å². The van der Waals surface area contributed by atoms with Gasteiger partial charge in [0, 0.05) is 11.6 Å². The first-order valence-corrected chi connectivity index (χ1v) is 5.35. The van der Waals surface area contributed by atoms with E-state index >= 15 is 0 Å². The fourth-order valence-corrected chi connectivity index (χ4v) is 1.75. The molecule has 0 radical (unpaired) electrons. The van der Waals surface area contributed by atoms with Crippen molar-refractivity contribution in [2.24, 2.45) is 5.92 Å². The number of amides is 1. The summed E-state index contributed by atoms with van der Waals surface area (Å²) >= 11 is 0. The smallest absolute Gasteiger partial charge is 0.316 e. The van der Waals surface area contributed by atoms with Crippen LogP contribution in [0, 0.1) is 17.1 Å². The molecule has 0 aliphatic carbocycles. The summed E-state index contributed by atoms with van der Waals surface area (Å²) in [6.07, 6.45) is -0.500. The van der Waals surface area contributed by atoms with E-state index in [0.717, 1.165) is 0 Å². The van der Waals surface area contributed by atoms with Crippen molar-refractivity contribution in [3.63, 3.8) is 0 Å². The van der Waals surface area contributed by atoms with E-state index < -0.39 is 12.1 Å². The van der Waals surface area contributed by atoms with Gasteiger partial charge in [-0.15, -0.1) is 0 Å². The molecule has 0 aromatic heterocycles. The van der Waals surface area contributed by atoms with Crippen LogP contribution in [0.4, 0.5) is 10.1 Å². The van der Waals surface area contributed by atoms with Crippen LogP contribution in [-0.2, 0) is 9.53 Å². The topological polar surface area (TPSA) is 53.4 Å². The molecule has 4 nitrogen and oxygen atoms in total. The van der Waals surface area contributed by atoms with Crippen molar-refractivity contribution in [1.29, 1.82) is 5.41 Å². The molecular weight excluding hydrogens is 223 g/mol. The molecule has 1 aromatic rings. The third-order valence-corrected chi connectivity index (χ3v) is 2.58. The van der Waals surface area contributed by atoms with Crippen LogP contribution >= 0.6 is 0 Å². The molecule has 1 saturated heterocycles. The Kier molecular flexibility index (Phi) is 2.83. The summed E-state index contributed by atoms with van der Waals surface area (Å²) in [5.41, 5.74) is 0.539. The number of anilines is 1. The zero-order valence-corrected chi connectivity index (χ0v) is 9.61. The summed E-state index contributed by atoms with van der Waals surface area (Å²) < 4.78 is 18.0. The molecule has 1 fully saturated rings. The van der Waals surface area contributed by atoms with Crippen LogP contribution in [0.25, 0.3) is 0 Å². The van der Waals surface area contributed by atoms with Gasteiger partial charge in [0.2, 0.25) is 0 Å². The first kappa shape index (κ1) is 11.6. The highest BCUT2D eigenvalue weighted by atomic mass is 19.1. The second-order valence-electron chi connectivity index (χ2n) is 4.23. The minimum absolute atomic E-state index is 0.0480. The van der Waals surface area contributed by atoms with Gasteiger partial charge in [0.15, 0.2) is 6.23 Å². The zero-order valence-electron chi connectivity index (χ0n) is 9.61. The maximum atomic E-state index is 12.8. The van der Waals surface area contributed by atoms with Gasteiger partial charge in [0.05, 0.1) is 0 Å². The van der Waals surface area contributed by atoms with E-state index in [2.05, 4.69) is 0 Å². The summed E-state index contributed by atoms with van der Waals surface area (Å²) in [4.78, 5) is 13.2. The lowest BCUT2D eigenvalue weighted by Crippen LogP contribution is -2.37. The number of carbonyl (C=O) groups excluding carboxylic acids is 1. The van der Waals surface area contributed by atoms with Crippen LogP contribution in [0.1, 0.15) is 13.8 Å². The summed E-state index contributed by atoms with van der Waals surface area (Å²) in [6, 6.07) is 5.57. The second kappa shape index (κ2) is 4.16.